The summed E-state index contributed by atoms with van der Waals surface area (Å²) in [5, 5.41) is 10.5. The van der Waals surface area contributed by atoms with Crippen molar-refractivity contribution >= 4 is 90.5 Å². The van der Waals surface area contributed by atoms with Crippen molar-refractivity contribution in [1.29, 1.82) is 0 Å². The fraction of sp³-hybridized carbons (Fsp3) is 0.293. The molecule has 2 unspecified atom stereocenters. The first-order valence-corrected chi connectivity index (χ1v) is 20.2. The quantitative estimate of drug-likeness (QED) is 0.137. The molecule has 10 nitrogen and oxygen atoms in total. The Morgan fingerprint density at radius 2 is 1.78 bits per heavy atom. The van der Waals surface area contributed by atoms with Gasteiger partial charge in [0.05, 0.1) is 10.1 Å². The number of anilines is 3. The number of rotatable bonds is 9. The van der Waals surface area contributed by atoms with E-state index in [4.69, 9.17) is 16.6 Å². The average Bonchev–Trinajstić information content (AvgIpc) is 3.90. The number of carboxylic acid groups (broad SMARTS) is 1. The highest BCUT2D eigenvalue weighted by Crippen LogP contribution is 2.52. The van der Waals surface area contributed by atoms with Crippen molar-refractivity contribution in [2.75, 3.05) is 29.4 Å². The molecule has 2 aromatic heterocycles. The fourth-order valence-electron chi connectivity index (χ4n) is 8.11. The fourth-order valence-corrected chi connectivity index (χ4v) is 10.7. The molecular weight excluding hydrogens is 741 g/mol. The third-order valence-electron chi connectivity index (χ3n) is 10.7. The van der Waals surface area contributed by atoms with Crippen molar-refractivity contribution in [2.24, 2.45) is 0 Å². The van der Waals surface area contributed by atoms with Crippen molar-refractivity contribution in [3.8, 4) is 11.1 Å². The summed E-state index contributed by atoms with van der Waals surface area (Å²) in [5.41, 5.74) is 6.26. The van der Waals surface area contributed by atoms with Crippen molar-refractivity contribution in [3.05, 3.63) is 108 Å². The highest BCUT2D eigenvalue weighted by Gasteiger charge is 2.42. The molecule has 5 aromatic rings. The average molecular weight is 779 g/mol. The zero-order chi connectivity index (χ0) is 37.8. The molecule has 2 aliphatic heterocycles. The number of hydrogen-bond donors (Lipinski definition) is 1. The molecule has 1 amide bonds. The predicted octanol–water partition coefficient (Wildman–Crippen LogP) is 6.22. The molecule has 2 fully saturated rings. The maximum absolute atomic E-state index is 13.6. The normalized spacial score (nSPS) is 19.3. The zero-order valence-electron chi connectivity index (χ0n) is 30.0. The summed E-state index contributed by atoms with van der Waals surface area (Å²) in [6.07, 6.45) is 4.97. The molecule has 13 heteroatoms. The predicted molar refractivity (Wildman–Crippen MR) is 220 cm³/mol. The van der Waals surface area contributed by atoms with Gasteiger partial charge in [0, 0.05) is 60.1 Å². The van der Waals surface area contributed by atoms with Gasteiger partial charge in [-0.15, -0.1) is 11.3 Å². The van der Waals surface area contributed by atoms with Crippen LogP contribution in [0.15, 0.2) is 80.7 Å². The molecule has 3 aliphatic rings. The zero-order valence-corrected chi connectivity index (χ0v) is 32.5. The van der Waals surface area contributed by atoms with E-state index in [-0.39, 0.29) is 22.5 Å². The molecule has 4 heterocycles. The van der Waals surface area contributed by atoms with Gasteiger partial charge in [0.1, 0.15) is 26.0 Å². The molecule has 0 radical (unpaired) electrons. The van der Waals surface area contributed by atoms with Crippen molar-refractivity contribution < 1.29 is 19.1 Å². The Kier molecular flexibility index (Phi) is 9.57. The van der Waals surface area contributed by atoms with E-state index in [9.17, 15) is 24.3 Å². The van der Waals surface area contributed by atoms with Crippen LogP contribution >= 0.6 is 35.3 Å². The number of fused-ring (bicyclic) bond motifs is 4. The Balaban J connectivity index is 1.13. The first kappa shape index (κ1) is 36.0. The minimum Gasteiger partial charge on any atom is -0.480 e. The number of amides is 1. The van der Waals surface area contributed by atoms with Crippen LogP contribution in [0, 0.1) is 0 Å². The minimum absolute atomic E-state index is 0.278. The van der Waals surface area contributed by atoms with E-state index in [1.807, 2.05) is 43.3 Å². The highest BCUT2D eigenvalue weighted by atomic mass is 32.2. The van der Waals surface area contributed by atoms with Gasteiger partial charge in [0.15, 0.2) is 0 Å². The number of aliphatic carboxylic acids is 1. The lowest BCUT2D eigenvalue weighted by molar-refractivity contribution is -0.137. The van der Waals surface area contributed by atoms with Gasteiger partial charge < -0.3 is 19.3 Å². The molecule has 0 bridgehead atoms. The van der Waals surface area contributed by atoms with E-state index < -0.39 is 18.1 Å². The summed E-state index contributed by atoms with van der Waals surface area (Å²) in [6, 6.07) is 22.5. The van der Waals surface area contributed by atoms with Crippen LogP contribution in [0.1, 0.15) is 57.1 Å². The van der Waals surface area contributed by atoms with Gasteiger partial charge in [-0.25, -0.2) is 4.79 Å². The number of thiazole rings is 1. The van der Waals surface area contributed by atoms with Gasteiger partial charge >= 0.3 is 11.6 Å². The first-order valence-electron chi connectivity index (χ1n) is 18.2. The van der Waals surface area contributed by atoms with E-state index >= 15 is 0 Å². The number of thioether (sulfide) groups is 1. The van der Waals surface area contributed by atoms with Crippen molar-refractivity contribution in [3.63, 3.8) is 0 Å². The van der Waals surface area contributed by atoms with Crippen molar-refractivity contribution in [2.45, 2.75) is 58.5 Å². The lowest BCUT2D eigenvalue weighted by Gasteiger charge is -2.27. The monoisotopic (exact) mass is 778 g/mol. The van der Waals surface area contributed by atoms with E-state index in [0.29, 0.717) is 37.1 Å². The van der Waals surface area contributed by atoms with Crippen LogP contribution in [0.25, 0.3) is 33.1 Å². The summed E-state index contributed by atoms with van der Waals surface area (Å²) in [4.78, 5) is 58.1. The van der Waals surface area contributed by atoms with E-state index in [1.54, 1.807) is 6.08 Å². The number of aromatic nitrogens is 1. The number of carbonyl (C=O) groups is 2. The number of nitrogens with zero attached hydrogens (tertiary/aromatic N) is 4. The Labute approximate surface area is 324 Å². The summed E-state index contributed by atoms with van der Waals surface area (Å²) in [5.74, 6) is -1.17. The summed E-state index contributed by atoms with van der Waals surface area (Å²) in [7, 11) is 0. The van der Waals surface area contributed by atoms with Crippen LogP contribution in [0.3, 0.4) is 0 Å². The maximum atomic E-state index is 13.6. The number of hydrogen-bond acceptors (Lipinski definition) is 10. The van der Waals surface area contributed by atoms with Gasteiger partial charge in [-0.1, -0.05) is 48.6 Å². The minimum atomic E-state index is -1.17. The van der Waals surface area contributed by atoms with Gasteiger partial charge in [-0.3, -0.25) is 23.9 Å². The molecule has 276 valence electrons. The summed E-state index contributed by atoms with van der Waals surface area (Å²) in [6.45, 7) is 7.59. The molecule has 1 N–H and O–H groups in total. The van der Waals surface area contributed by atoms with E-state index in [2.05, 4.69) is 54.0 Å². The third kappa shape index (κ3) is 6.17. The lowest BCUT2D eigenvalue weighted by atomic mass is 9.96. The van der Waals surface area contributed by atoms with Crippen LogP contribution in [-0.2, 0) is 16.1 Å². The van der Waals surface area contributed by atoms with Crippen LogP contribution in [0.4, 0.5) is 17.1 Å². The van der Waals surface area contributed by atoms with Gasteiger partial charge in [0.25, 0.3) is 11.5 Å². The molecule has 1 aliphatic carbocycles. The topological polar surface area (TPSA) is 116 Å². The maximum Gasteiger partial charge on any atom is 0.344 e. The van der Waals surface area contributed by atoms with Crippen LogP contribution in [-0.4, -0.2) is 56.4 Å². The number of benzene rings is 3. The van der Waals surface area contributed by atoms with Gasteiger partial charge in [0.2, 0.25) is 0 Å². The first-order chi connectivity index (χ1) is 26.1. The molecule has 2 atom stereocenters. The highest BCUT2D eigenvalue weighted by molar-refractivity contribution is 8.30. The van der Waals surface area contributed by atoms with Gasteiger partial charge in [-0.2, -0.15) is 0 Å². The number of thiocarbonyl (C=S) groups is 1. The molecule has 8 rings (SSSR count). The molecule has 3 aromatic carbocycles. The van der Waals surface area contributed by atoms with Crippen LogP contribution in [0.2, 0.25) is 0 Å². The Hall–Kier alpha value is -4.98. The Morgan fingerprint density at radius 3 is 2.48 bits per heavy atom. The standard InChI is InChI=1S/C41H38N4O6S3/c1-4-42(5-2)27-16-13-25-20-29(40(50)51-33(25)21-27)24-11-14-26(15-12-24)45-31-9-7-8-28(31)30-18-23(10-17-32(30)45)19-34-37(48)44(22-35(46)47)39(53-34)36-38(49)43(6-3)41(52)54-36/h10-21,28,31H,4-9,22H2,1-3H3,(H,46,47)/b34-19-,39-36+. The largest absolute Gasteiger partial charge is 0.480 e. The smallest absolute Gasteiger partial charge is 0.344 e. The molecule has 0 spiro atoms. The Morgan fingerprint density at radius 1 is 1.00 bits per heavy atom. The van der Waals surface area contributed by atoms with E-state index in [1.165, 1.54) is 10.5 Å². The second-order valence-corrected chi connectivity index (χ2v) is 16.3. The number of carbonyl (C=O) groups excluding carboxylic acids is 1. The van der Waals surface area contributed by atoms with E-state index in [0.717, 1.165) is 93.6 Å². The molecule has 1 saturated carbocycles. The lowest BCUT2D eigenvalue weighted by Crippen LogP contribution is -2.35. The van der Waals surface area contributed by atoms with Gasteiger partial charge in [-0.05, 0) is 98.8 Å². The number of carboxylic acids is 1. The SMILES string of the molecule is CCN1C(=O)/C(=c2\s/c(=C\c3ccc4c(c3)C3CCCC3N4c3ccc(-c4cc5ccc(N(CC)CC)cc5oc4=O)cc3)c(=O)n2CC(=O)O)SC1=S. The second-order valence-electron chi connectivity index (χ2n) is 13.6. The summed E-state index contributed by atoms with van der Waals surface area (Å²) < 4.78 is 8.03. The second kappa shape index (κ2) is 14.3. The van der Waals surface area contributed by atoms with Crippen LogP contribution in [0.5, 0.6) is 0 Å². The molecular formula is C41H38N4O6S3. The Bertz CT molecular complexity index is 2610. The molecule has 54 heavy (non-hydrogen) atoms. The third-order valence-corrected chi connectivity index (χ3v) is 13.4. The molecule has 1 saturated heterocycles. The van der Waals surface area contributed by atoms with Crippen LogP contribution < -0.4 is 30.2 Å². The van der Waals surface area contributed by atoms with Crippen molar-refractivity contribution in [1.82, 2.24) is 9.47 Å². The summed E-state index contributed by atoms with van der Waals surface area (Å²) >= 11 is 7.60.